The molecule has 2 amide bonds. The normalized spacial score (nSPS) is 17.3. The maximum atomic E-state index is 13.1. The Morgan fingerprint density at radius 3 is 2.71 bits per heavy atom. The van der Waals surface area contributed by atoms with Gasteiger partial charge in [0, 0.05) is 44.4 Å². The van der Waals surface area contributed by atoms with E-state index in [1.807, 2.05) is 18.9 Å². The minimum absolute atomic E-state index is 0.0633. The third-order valence-corrected chi connectivity index (χ3v) is 7.58. The van der Waals surface area contributed by atoms with Crippen molar-refractivity contribution in [2.45, 2.75) is 51.1 Å². The quantitative estimate of drug-likeness (QED) is 0.329. The molecule has 3 N–H and O–H groups in total. The molecule has 220 valence electrons. The van der Waals surface area contributed by atoms with Crippen molar-refractivity contribution in [3.05, 3.63) is 42.1 Å². The Morgan fingerprint density at radius 2 is 2.02 bits per heavy atom. The summed E-state index contributed by atoms with van der Waals surface area (Å²) in [6.45, 7) is 3.45. The number of anilines is 4. The Balaban J connectivity index is 1.47. The molecule has 1 aliphatic heterocycles. The van der Waals surface area contributed by atoms with Gasteiger partial charge in [0.05, 0.1) is 19.0 Å². The van der Waals surface area contributed by atoms with Crippen LogP contribution in [-0.4, -0.2) is 90.7 Å². The molecule has 2 aromatic rings. The van der Waals surface area contributed by atoms with Crippen molar-refractivity contribution in [2.24, 2.45) is 0 Å². The summed E-state index contributed by atoms with van der Waals surface area (Å²) >= 11 is 0. The third-order valence-electron chi connectivity index (χ3n) is 7.58. The van der Waals surface area contributed by atoms with Gasteiger partial charge in [-0.25, -0.2) is 9.78 Å². The first-order valence-corrected chi connectivity index (χ1v) is 14.0. The molecule has 0 saturated heterocycles. The molecular formula is C29H39N7O5. The SMILES string of the molecule is CC[C@@H]1C(=O)N(C)c2cnc(Nc3ccc(C(=O)NCCN(C)C/C=C/C(=O)O)cc3OC)nc2N1C1CCCC1. The highest BCUT2D eigenvalue weighted by Crippen LogP contribution is 2.40. The molecule has 12 nitrogen and oxygen atoms in total. The number of aromatic nitrogens is 2. The van der Waals surface area contributed by atoms with Crippen LogP contribution >= 0.6 is 0 Å². The number of nitrogens with one attached hydrogen (secondary N) is 2. The van der Waals surface area contributed by atoms with Gasteiger partial charge in [-0.05, 0) is 44.5 Å². The number of amides is 2. The fraction of sp³-hybridized carbons (Fsp3) is 0.483. The van der Waals surface area contributed by atoms with Crippen LogP contribution in [0.5, 0.6) is 5.75 Å². The third kappa shape index (κ3) is 6.94. The molecule has 1 fully saturated rings. The van der Waals surface area contributed by atoms with Crippen molar-refractivity contribution in [2.75, 3.05) is 56.0 Å². The van der Waals surface area contributed by atoms with Crippen LogP contribution in [0.2, 0.25) is 0 Å². The largest absolute Gasteiger partial charge is 0.495 e. The van der Waals surface area contributed by atoms with Gasteiger partial charge in [-0.3, -0.25) is 9.59 Å². The first-order chi connectivity index (χ1) is 19.7. The van der Waals surface area contributed by atoms with Crippen LogP contribution in [0.25, 0.3) is 0 Å². The van der Waals surface area contributed by atoms with Gasteiger partial charge >= 0.3 is 5.97 Å². The Morgan fingerprint density at radius 1 is 1.27 bits per heavy atom. The number of nitrogens with zero attached hydrogens (tertiary/aromatic N) is 5. The van der Waals surface area contributed by atoms with E-state index >= 15 is 0 Å². The molecule has 0 radical (unpaired) electrons. The van der Waals surface area contributed by atoms with Crippen molar-refractivity contribution >= 4 is 40.9 Å². The smallest absolute Gasteiger partial charge is 0.328 e. The summed E-state index contributed by atoms with van der Waals surface area (Å²) in [6, 6.07) is 5.11. The van der Waals surface area contributed by atoms with E-state index in [0.717, 1.165) is 37.6 Å². The molecule has 0 unspecified atom stereocenters. The van der Waals surface area contributed by atoms with Gasteiger partial charge in [0.15, 0.2) is 5.82 Å². The highest BCUT2D eigenvalue weighted by Gasteiger charge is 2.41. The molecular weight excluding hydrogens is 526 g/mol. The first-order valence-electron chi connectivity index (χ1n) is 14.0. The zero-order valence-corrected chi connectivity index (χ0v) is 24.1. The number of carboxylic acids is 1. The van der Waals surface area contributed by atoms with E-state index in [0.29, 0.717) is 54.7 Å². The summed E-state index contributed by atoms with van der Waals surface area (Å²) in [5.74, 6) is 0.410. The molecule has 1 atom stereocenters. The minimum Gasteiger partial charge on any atom is -0.495 e. The lowest BCUT2D eigenvalue weighted by atomic mass is 10.0. The molecule has 2 aliphatic rings. The lowest BCUT2D eigenvalue weighted by Crippen LogP contribution is -2.55. The molecule has 0 bridgehead atoms. The monoisotopic (exact) mass is 565 g/mol. The highest BCUT2D eigenvalue weighted by molar-refractivity contribution is 6.04. The average Bonchev–Trinajstić information content (AvgIpc) is 3.49. The number of likely N-dealkylation sites (N-methyl/N-ethyl adjacent to an activating group) is 2. The van der Waals surface area contributed by atoms with Gasteiger partial charge < -0.3 is 35.2 Å². The van der Waals surface area contributed by atoms with E-state index in [4.69, 9.17) is 14.8 Å². The van der Waals surface area contributed by atoms with Crippen molar-refractivity contribution in [1.29, 1.82) is 0 Å². The molecule has 2 heterocycles. The van der Waals surface area contributed by atoms with Gasteiger partial charge in [0.25, 0.3) is 5.91 Å². The second kappa shape index (κ2) is 13.4. The van der Waals surface area contributed by atoms with Crippen LogP contribution in [0.3, 0.4) is 0 Å². The number of methoxy groups -OCH3 is 1. The van der Waals surface area contributed by atoms with E-state index < -0.39 is 5.97 Å². The van der Waals surface area contributed by atoms with Crippen molar-refractivity contribution < 1.29 is 24.2 Å². The first kappa shape index (κ1) is 29.8. The van der Waals surface area contributed by atoms with Crippen molar-refractivity contribution in [3.8, 4) is 5.75 Å². The second-order valence-corrected chi connectivity index (χ2v) is 10.4. The van der Waals surface area contributed by atoms with Gasteiger partial charge in [0.1, 0.15) is 17.5 Å². The highest BCUT2D eigenvalue weighted by atomic mass is 16.5. The average molecular weight is 566 g/mol. The maximum absolute atomic E-state index is 13.1. The minimum atomic E-state index is -0.989. The van der Waals surface area contributed by atoms with Gasteiger partial charge in [-0.2, -0.15) is 4.98 Å². The number of carbonyl (C=O) groups is 3. The number of hydrogen-bond acceptors (Lipinski definition) is 9. The van der Waals surface area contributed by atoms with Crippen LogP contribution in [0.15, 0.2) is 36.5 Å². The fourth-order valence-electron chi connectivity index (χ4n) is 5.39. The summed E-state index contributed by atoms with van der Waals surface area (Å²) in [4.78, 5) is 51.6. The van der Waals surface area contributed by atoms with E-state index in [-0.39, 0.29) is 23.9 Å². The van der Waals surface area contributed by atoms with Crippen molar-refractivity contribution in [3.63, 3.8) is 0 Å². The molecule has 12 heteroatoms. The Bertz CT molecular complexity index is 1290. The van der Waals surface area contributed by atoms with Gasteiger partial charge in [0.2, 0.25) is 11.9 Å². The Hall–Kier alpha value is -4.19. The van der Waals surface area contributed by atoms with E-state index in [9.17, 15) is 14.4 Å². The fourth-order valence-corrected chi connectivity index (χ4v) is 5.39. The summed E-state index contributed by atoms with van der Waals surface area (Å²) in [5, 5.41) is 14.8. The van der Waals surface area contributed by atoms with E-state index in [1.165, 1.54) is 7.11 Å². The number of rotatable bonds is 12. The van der Waals surface area contributed by atoms with Crippen LogP contribution < -0.4 is 25.2 Å². The maximum Gasteiger partial charge on any atom is 0.328 e. The molecule has 1 aromatic heterocycles. The van der Waals surface area contributed by atoms with Crippen LogP contribution in [0, 0.1) is 0 Å². The zero-order valence-electron chi connectivity index (χ0n) is 24.1. The molecule has 4 rings (SSSR count). The number of hydrogen-bond donors (Lipinski definition) is 3. The molecule has 0 spiro atoms. The summed E-state index contributed by atoms with van der Waals surface area (Å²) in [7, 11) is 5.15. The van der Waals surface area contributed by atoms with Crippen LogP contribution in [-0.2, 0) is 9.59 Å². The second-order valence-electron chi connectivity index (χ2n) is 10.4. The van der Waals surface area contributed by atoms with Gasteiger partial charge in [-0.1, -0.05) is 25.8 Å². The summed E-state index contributed by atoms with van der Waals surface area (Å²) in [5.41, 5.74) is 1.74. The molecule has 1 saturated carbocycles. The number of ether oxygens (including phenoxy) is 1. The van der Waals surface area contributed by atoms with Crippen molar-refractivity contribution in [1.82, 2.24) is 20.2 Å². The number of benzene rings is 1. The zero-order chi connectivity index (χ0) is 29.5. The summed E-state index contributed by atoms with van der Waals surface area (Å²) < 4.78 is 5.57. The predicted octanol–water partition coefficient (Wildman–Crippen LogP) is 3.04. The topological polar surface area (TPSA) is 140 Å². The Labute approximate surface area is 240 Å². The Kier molecular flexibility index (Phi) is 9.77. The number of fused-ring (bicyclic) bond motifs is 1. The van der Waals surface area contributed by atoms with Gasteiger partial charge in [-0.15, -0.1) is 0 Å². The van der Waals surface area contributed by atoms with Crippen LogP contribution in [0.1, 0.15) is 49.4 Å². The number of carboxylic acid groups (broad SMARTS) is 1. The van der Waals surface area contributed by atoms with Crippen LogP contribution in [0.4, 0.5) is 23.1 Å². The standard InChI is InChI=1S/C29H39N7O5/c1-5-22-28(40)35(3)23-18-31-29(33-26(23)36(22)20-9-6-7-10-20)32-21-13-12-19(17-24(21)41-4)27(39)30-14-16-34(2)15-8-11-25(37)38/h8,11-13,17-18,20,22H,5-7,9-10,14-16H2,1-4H3,(H,30,39)(H,37,38)(H,31,32,33)/b11-8+/t22-/m1/s1. The molecule has 1 aliphatic carbocycles. The van der Waals surface area contributed by atoms with E-state index in [1.54, 1.807) is 42.4 Å². The predicted molar refractivity (Wildman–Crippen MR) is 157 cm³/mol. The number of carbonyl (C=O) groups excluding carboxylic acids is 2. The molecule has 41 heavy (non-hydrogen) atoms. The van der Waals surface area contributed by atoms with E-state index in [2.05, 4.69) is 20.5 Å². The molecule has 1 aromatic carbocycles. The lowest BCUT2D eigenvalue weighted by molar-refractivity contribution is -0.131. The summed E-state index contributed by atoms with van der Waals surface area (Å²) in [6.07, 6.45) is 9.39. The lowest BCUT2D eigenvalue weighted by Gasteiger charge is -2.43. The number of aliphatic carboxylic acids is 1.